The number of ether oxygens (including phenoxy) is 1. The van der Waals surface area contributed by atoms with Gasteiger partial charge in [0.2, 0.25) is 5.91 Å². The third-order valence-electron chi connectivity index (χ3n) is 5.43. The topological polar surface area (TPSA) is 91.0 Å². The number of morpholine rings is 1. The molecule has 3 rings (SSSR count). The van der Waals surface area contributed by atoms with E-state index in [9.17, 15) is 14.4 Å². The minimum atomic E-state index is -0.549. The van der Waals surface area contributed by atoms with Gasteiger partial charge in [-0.05, 0) is 48.9 Å². The second-order valence-electron chi connectivity index (χ2n) is 8.45. The van der Waals surface area contributed by atoms with E-state index in [1.54, 1.807) is 29.2 Å². The minimum Gasteiger partial charge on any atom is -0.370 e. The summed E-state index contributed by atoms with van der Waals surface area (Å²) in [4.78, 5) is 42.1. The Kier molecular flexibility index (Phi) is 9.46. The molecule has 1 atom stereocenters. The second-order valence-corrected chi connectivity index (χ2v) is 10.2. The Balaban J connectivity index is 1.69. The van der Waals surface area contributed by atoms with Gasteiger partial charge in [-0.25, -0.2) is 0 Å². The predicted molar refractivity (Wildman–Crippen MR) is 136 cm³/mol. The zero-order valence-electron chi connectivity index (χ0n) is 19.7. The van der Waals surface area contributed by atoms with Crippen LogP contribution in [0.3, 0.4) is 0 Å². The maximum Gasteiger partial charge on any atom is 0.261 e. The van der Waals surface area contributed by atoms with Crippen LogP contribution in [0.25, 0.3) is 0 Å². The summed E-state index contributed by atoms with van der Waals surface area (Å²) >= 11 is 7.14. The van der Waals surface area contributed by atoms with Crippen LogP contribution in [0.15, 0.2) is 36.4 Å². The minimum absolute atomic E-state index is 0.0757. The van der Waals surface area contributed by atoms with Crippen LogP contribution in [0, 0.1) is 5.92 Å². The lowest BCUT2D eigenvalue weighted by molar-refractivity contribution is -0.125. The van der Waals surface area contributed by atoms with Gasteiger partial charge in [0.05, 0.1) is 15.8 Å². The number of nitrogens with one attached hydrogen (secondary N) is 2. The Morgan fingerprint density at radius 2 is 1.94 bits per heavy atom. The van der Waals surface area contributed by atoms with Crippen LogP contribution in [0.2, 0.25) is 4.34 Å². The van der Waals surface area contributed by atoms with Crippen molar-refractivity contribution in [2.75, 3.05) is 49.6 Å². The molecule has 2 aromatic rings. The Morgan fingerprint density at radius 3 is 2.53 bits per heavy atom. The summed E-state index contributed by atoms with van der Waals surface area (Å²) < 4.78 is 5.72. The number of hydrogen-bond acceptors (Lipinski definition) is 6. The molecule has 34 heavy (non-hydrogen) atoms. The molecule has 2 heterocycles. The standard InChI is InChI=1S/C24H31ClN4O4S/c1-4-28(14-16(2)3)19(13-26-24(32)20-9-10-21(25)34-20)23(31)27-17-5-7-18(8-6-17)29-11-12-33-15-22(29)30/h5-10,16,19H,4,11-15H2,1-3H3,(H,26,32)(H,27,31)/t19-/m0/s1. The van der Waals surface area contributed by atoms with E-state index in [-0.39, 0.29) is 30.9 Å². The smallest absolute Gasteiger partial charge is 0.261 e. The van der Waals surface area contributed by atoms with Gasteiger partial charge in [-0.2, -0.15) is 0 Å². The molecule has 0 unspecified atom stereocenters. The van der Waals surface area contributed by atoms with Crippen LogP contribution in [0.4, 0.5) is 11.4 Å². The fraction of sp³-hybridized carbons (Fsp3) is 0.458. The number of hydrogen-bond donors (Lipinski definition) is 2. The summed E-state index contributed by atoms with van der Waals surface area (Å²) in [6.07, 6.45) is 0. The zero-order valence-corrected chi connectivity index (χ0v) is 21.2. The number of halogens is 1. The van der Waals surface area contributed by atoms with Crippen LogP contribution in [-0.2, 0) is 14.3 Å². The average molecular weight is 507 g/mol. The molecule has 1 aliphatic heterocycles. The monoisotopic (exact) mass is 506 g/mol. The molecule has 1 aliphatic rings. The molecule has 1 aromatic carbocycles. The highest BCUT2D eigenvalue weighted by molar-refractivity contribution is 7.18. The largest absolute Gasteiger partial charge is 0.370 e. The first-order chi connectivity index (χ1) is 16.3. The van der Waals surface area contributed by atoms with E-state index in [1.165, 1.54) is 11.3 Å². The number of nitrogens with zero attached hydrogens (tertiary/aromatic N) is 2. The van der Waals surface area contributed by atoms with E-state index >= 15 is 0 Å². The molecule has 0 saturated carbocycles. The lowest BCUT2D eigenvalue weighted by atomic mass is 10.1. The number of carbonyl (C=O) groups is 3. The zero-order chi connectivity index (χ0) is 24.7. The van der Waals surface area contributed by atoms with Crippen LogP contribution >= 0.6 is 22.9 Å². The molecule has 8 nitrogen and oxygen atoms in total. The van der Waals surface area contributed by atoms with Gasteiger partial charge >= 0.3 is 0 Å². The number of amides is 3. The third kappa shape index (κ3) is 7.02. The molecule has 2 N–H and O–H groups in total. The van der Waals surface area contributed by atoms with E-state index in [0.717, 1.165) is 5.69 Å². The predicted octanol–water partition coefficient (Wildman–Crippen LogP) is 3.48. The van der Waals surface area contributed by atoms with Crippen LogP contribution in [0.5, 0.6) is 0 Å². The average Bonchev–Trinajstić information content (AvgIpc) is 3.25. The van der Waals surface area contributed by atoms with Gasteiger partial charge in [0.15, 0.2) is 0 Å². The van der Waals surface area contributed by atoms with Gasteiger partial charge in [0.1, 0.15) is 12.6 Å². The Morgan fingerprint density at radius 1 is 1.21 bits per heavy atom. The highest BCUT2D eigenvalue weighted by Crippen LogP contribution is 2.22. The van der Waals surface area contributed by atoms with Gasteiger partial charge in [-0.1, -0.05) is 32.4 Å². The van der Waals surface area contributed by atoms with E-state index in [1.807, 2.05) is 19.1 Å². The number of thiophene rings is 1. The quantitative estimate of drug-likeness (QED) is 0.515. The first kappa shape index (κ1) is 26.2. The molecule has 0 spiro atoms. The highest BCUT2D eigenvalue weighted by Gasteiger charge is 2.27. The molecule has 1 aromatic heterocycles. The second kappa shape index (κ2) is 12.3. The highest BCUT2D eigenvalue weighted by atomic mass is 35.5. The molecule has 1 fully saturated rings. The van der Waals surface area contributed by atoms with Gasteiger partial charge < -0.3 is 20.3 Å². The Hall–Kier alpha value is -2.46. The lowest BCUT2D eigenvalue weighted by Crippen LogP contribution is -2.51. The van der Waals surface area contributed by atoms with Crippen molar-refractivity contribution in [2.24, 2.45) is 5.92 Å². The van der Waals surface area contributed by atoms with Crippen LogP contribution < -0.4 is 15.5 Å². The number of rotatable bonds is 10. The fourth-order valence-electron chi connectivity index (χ4n) is 3.79. The maximum absolute atomic E-state index is 13.3. The van der Waals surface area contributed by atoms with E-state index < -0.39 is 6.04 Å². The molecule has 3 amide bonds. The first-order valence-electron chi connectivity index (χ1n) is 11.3. The van der Waals surface area contributed by atoms with Gasteiger partial charge in [0.25, 0.3) is 11.8 Å². The van der Waals surface area contributed by atoms with Gasteiger partial charge in [0, 0.05) is 31.0 Å². The summed E-state index contributed by atoms with van der Waals surface area (Å²) in [7, 11) is 0. The molecule has 0 aliphatic carbocycles. The molecular formula is C24H31ClN4O4S. The summed E-state index contributed by atoms with van der Waals surface area (Å²) in [6.45, 7) is 8.80. The van der Waals surface area contributed by atoms with E-state index in [2.05, 4.69) is 29.4 Å². The van der Waals surface area contributed by atoms with Crippen LogP contribution in [0.1, 0.15) is 30.4 Å². The van der Waals surface area contributed by atoms with Gasteiger partial charge in [-0.3, -0.25) is 19.3 Å². The first-order valence-corrected chi connectivity index (χ1v) is 12.5. The summed E-state index contributed by atoms with van der Waals surface area (Å²) in [5.74, 6) is -0.192. The van der Waals surface area contributed by atoms with Crippen molar-refractivity contribution in [3.63, 3.8) is 0 Å². The summed E-state index contributed by atoms with van der Waals surface area (Å²) in [6, 6.07) is 9.97. The molecule has 1 saturated heterocycles. The van der Waals surface area contributed by atoms with Crippen molar-refractivity contribution < 1.29 is 19.1 Å². The van der Waals surface area contributed by atoms with E-state index in [4.69, 9.17) is 16.3 Å². The number of benzene rings is 1. The Labute approximate surface area is 209 Å². The van der Waals surface area contributed by atoms with Crippen molar-refractivity contribution in [3.05, 3.63) is 45.6 Å². The molecule has 0 radical (unpaired) electrons. The molecule has 184 valence electrons. The van der Waals surface area contributed by atoms with Crippen molar-refractivity contribution >= 4 is 52.0 Å². The van der Waals surface area contributed by atoms with Crippen molar-refractivity contribution in [3.8, 4) is 0 Å². The lowest BCUT2D eigenvalue weighted by Gasteiger charge is -2.31. The molecular weight excluding hydrogens is 476 g/mol. The van der Waals surface area contributed by atoms with E-state index in [0.29, 0.717) is 47.1 Å². The SMILES string of the molecule is CCN(CC(C)C)[C@@H](CNC(=O)c1ccc(Cl)s1)C(=O)Nc1ccc(N2CCOCC2=O)cc1. The number of likely N-dealkylation sites (N-methyl/N-ethyl adjacent to an activating group) is 1. The number of anilines is 2. The molecule has 0 bridgehead atoms. The number of carbonyl (C=O) groups excluding carboxylic acids is 3. The fourth-order valence-corrected chi connectivity index (χ4v) is 4.75. The summed E-state index contributed by atoms with van der Waals surface area (Å²) in [5.41, 5.74) is 1.39. The maximum atomic E-state index is 13.3. The van der Waals surface area contributed by atoms with Gasteiger partial charge in [-0.15, -0.1) is 11.3 Å². The normalized spacial score (nSPS) is 15.0. The summed E-state index contributed by atoms with van der Waals surface area (Å²) in [5, 5.41) is 5.84. The van der Waals surface area contributed by atoms with Crippen molar-refractivity contribution in [1.82, 2.24) is 10.2 Å². The van der Waals surface area contributed by atoms with Crippen molar-refractivity contribution in [1.29, 1.82) is 0 Å². The van der Waals surface area contributed by atoms with Crippen molar-refractivity contribution in [2.45, 2.75) is 26.8 Å². The third-order valence-corrected chi connectivity index (χ3v) is 6.66. The van der Waals surface area contributed by atoms with Crippen LogP contribution in [-0.4, -0.2) is 68.1 Å². The molecule has 10 heteroatoms. The Bertz CT molecular complexity index is 995.